The standard InChI is InChI=1S/C14H15N3/c15-12-5-3-10(4-6-12)1-2-11-7-13(16)9-14(17)8-11/h1-5,7,15-17H,6,8-9H2. The molecule has 0 aromatic carbocycles. The lowest BCUT2D eigenvalue weighted by atomic mass is 9.95. The lowest BCUT2D eigenvalue weighted by molar-refractivity contribution is 1.20. The third-order valence-corrected chi connectivity index (χ3v) is 2.71. The number of allylic oxidation sites excluding steroid dienone is 8. The molecular weight excluding hydrogens is 210 g/mol. The van der Waals surface area contributed by atoms with Crippen LogP contribution >= 0.6 is 0 Å². The van der Waals surface area contributed by atoms with Gasteiger partial charge in [-0.2, -0.15) is 0 Å². The molecule has 0 atom stereocenters. The predicted molar refractivity (Wildman–Crippen MR) is 71.5 cm³/mol. The van der Waals surface area contributed by atoms with Gasteiger partial charge in [0.2, 0.25) is 0 Å². The molecule has 0 fully saturated rings. The largest absolute Gasteiger partial charge is 0.309 e. The number of hydrogen-bond donors (Lipinski definition) is 3. The van der Waals surface area contributed by atoms with Crippen LogP contribution in [0.4, 0.5) is 0 Å². The minimum atomic E-state index is 0.483. The van der Waals surface area contributed by atoms with Crippen LogP contribution in [0.1, 0.15) is 19.3 Å². The minimum Gasteiger partial charge on any atom is -0.309 e. The first-order chi connectivity index (χ1) is 8.13. The highest BCUT2D eigenvalue weighted by atomic mass is 14.5. The molecule has 0 unspecified atom stereocenters. The second kappa shape index (κ2) is 4.87. The molecule has 0 bridgehead atoms. The zero-order chi connectivity index (χ0) is 12.3. The van der Waals surface area contributed by atoms with Crippen LogP contribution in [0.15, 0.2) is 47.6 Å². The summed E-state index contributed by atoms with van der Waals surface area (Å²) < 4.78 is 0. The highest BCUT2D eigenvalue weighted by molar-refractivity contribution is 6.11. The van der Waals surface area contributed by atoms with Gasteiger partial charge in [-0.1, -0.05) is 24.3 Å². The normalized spacial score (nSPS) is 20.8. The molecular formula is C14H15N3. The van der Waals surface area contributed by atoms with Crippen molar-refractivity contribution in [3.05, 3.63) is 47.6 Å². The molecule has 0 aliphatic heterocycles. The Kier molecular flexibility index (Phi) is 3.28. The summed E-state index contributed by atoms with van der Waals surface area (Å²) in [5.41, 5.74) is 3.84. The Bertz CT molecular complexity index is 502. The van der Waals surface area contributed by atoms with Gasteiger partial charge in [0, 0.05) is 36.4 Å². The van der Waals surface area contributed by atoms with E-state index in [0.717, 1.165) is 11.1 Å². The zero-order valence-electron chi connectivity index (χ0n) is 9.59. The molecule has 3 nitrogen and oxygen atoms in total. The summed E-state index contributed by atoms with van der Waals surface area (Å²) in [6.07, 6.45) is 13.3. The van der Waals surface area contributed by atoms with Gasteiger partial charge in [-0.15, -0.1) is 0 Å². The van der Waals surface area contributed by atoms with Gasteiger partial charge < -0.3 is 16.2 Å². The summed E-state index contributed by atoms with van der Waals surface area (Å²) in [5, 5.41) is 22.7. The van der Waals surface area contributed by atoms with Crippen molar-refractivity contribution in [2.75, 3.05) is 0 Å². The van der Waals surface area contributed by atoms with E-state index in [1.165, 1.54) is 0 Å². The highest BCUT2D eigenvalue weighted by Gasteiger charge is 2.09. The Hall–Kier alpha value is -2.03. The molecule has 2 aliphatic rings. The maximum atomic E-state index is 7.63. The van der Waals surface area contributed by atoms with Crippen LogP contribution < -0.4 is 0 Å². The average molecular weight is 225 g/mol. The van der Waals surface area contributed by atoms with Crippen molar-refractivity contribution in [1.29, 1.82) is 16.2 Å². The molecule has 0 spiro atoms. The molecule has 3 N–H and O–H groups in total. The molecule has 2 rings (SSSR count). The van der Waals surface area contributed by atoms with Crippen LogP contribution in [0.2, 0.25) is 0 Å². The maximum absolute atomic E-state index is 7.63. The molecule has 17 heavy (non-hydrogen) atoms. The quantitative estimate of drug-likeness (QED) is 0.645. The van der Waals surface area contributed by atoms with E-state index in [4.69, 9.17) is 16.2 Å². The van der Waals surface area contributed by atoms with Gasteiger partial charge in [-0.25, -0.2) is 0 Å². The summed E-state index contributed by atoms with van der Waals surface area (Å²) in [5.74, 6) is 0. The van der Waals surface area contributed by atoms with Crippen LogP contribution in [-0.2, 0) is 0 Å². The first-order valence-corrected chi connectivity index (χ1v) is 5.61. The van der Waals surface area contributed by atoms with E-state index in [1.807, 2.05) is 30.4 Å². The monoisotopic (exact) mass is 225 g/mol. The topological polar surface area (TPSA) is 71.6 Å². The van der Waals surface area contributed by atoms with Crippen molar-refractivity contribution >= 4 is 17.1 Å². The van der Waals surface area contributed by atoms with E-state index in [0.29, 0.717) is 36.4 Å². The first-order valence-electron chi connectivity index (χ1n) is 5.61. The summed E-state index contributed by atoms with van der Waals surface area (Å²) in [7, 11) is 0. The van der Waals surface area contributed by atoms with Crippen molar-refractivity contribution in [3.63, 3.8) is 0 Å². The maximum Gasteiger partial charge on any atom is 0.0372 e. The second-order valence-electron chi connectivity index (χ2n) is 4.30. The fourth-order valence-corrected chi connectivity index (χ4v) is 1.86. The van der Waals surface area contributed by atoms with Crippen LogP contribution in [0.5, 0.6) is 0 Å². The lowest BCUT2D eigenvalue weighted by Gasteiger charge is -2.11. The zero-order valence-corrected chi connectivity index (χ0v) is 9.59. The van der Waals surface area contributed by atoms with E-state index < -0.39 is 0 Å². The fraction of sp³-hybridized carbons (Fsp3) is 0.214. The third kappa shape index (κ3) is 3.21. The van der Waals surface area contributed by atoms with E-state index in [1.54, 1.807) is 6.08 Å². The highest BCUT2D eigenvalue weighted by Crippen LogP contribution is 2.16. The predicted octanol–water partition coefficient (Wildman–Crippen LogP) is 3.21. The lowest BCUT2D eigenvalue weighted by Crippen LogP contribution is -2.11. The molecule has 0 aromatic heterocycles. The first kappa shape index (κ1) is 11.5. The van der Waals surface area contributed by atoms with Crippen molar-refractivity contribution < 1.29 is 0 Å². The third-order valence-electron chi connectivity index (χ3n) is 2.71. The Morgan fingerprint density at radius 2 is 1.76 bits per heavy atom. The molecule has 0 heterocycles. The fourth-order valence-electron chi connectivity index (χ4n) is 1.86. The molecule has 2 aliphatic carbocycles. The minimum absolute atomic E-state index is 0.483. The van der Waals surface area contributed by atoms with Gasteiger partial charge in [0.05, 0.1) is 0 Å². The van der Waals surface area contributed by atoms with E-state index >= 15 is 0 Å². The molecule has 0 radical (unpaired) electrons. The summed E-state index contributed by atoms with van der Waals surface area (Å²) in [4.78, 5) is 0. The van der Waals surface area contributed by atoms with Gasteiger partial charge in [0.1, 0.15) is 0 Å². The van der Waals surface area contributed by atoms with Crippen molar-refractivity contribution in [2.45, 2.75) is 19.3 Å². The molecule has 0 aromatic rings. The SMILES string of the molecule is N=C1C=CC(C=CC2=CC(=N)CC(=N)C2)=CC1. The van der Waals surface area contributed by atoms with Crippen LogP contribution in [0.25, 0.3) is 0 Å². The Morgan fingerprint density at radius 3 is 2.41 bits per heavy atom. The van der Waals surface area contributed by atoms with Gasteiger partial charge >= 0.3 is 0 Å². The van der Waals surface area contributed by atoms with Crippen molar-refractivity contribution in [2.24, 2.45) is 0 Å². The van der Waals surface area contributed by atoms with Gasteiger partial charge in [0.15, 0.2) is 0 Å². The molecule has 3 heteroatoms. The molecule has 0 saturated heterocycles. The van der Waals surface area contributed by atoms with Crippen molar-refractivity contribution in [1.82, 2.24) is 0 Å². The molecule has 0 amide bonds. The molecule has 0 saturated carbocycles. The summed E-state index contributed by atoms with van der Waals surface area (Å²) in [6.45, 7) is 0. The van der Waals surface area contributed by atoms with Gasteiger partial charge in [-0.3, -0.25) is 0 Å². The van der Waals surface area contributed by atoms with Crippen LogP contribution in [0.3, 0.4) is 0 Å². The Balaban J connectivity index is 2.06. The number of rotatable bonds is 2. The van der Waals surface area contributed by atoms with E-state index in [2.05, 4.69) is 0 Å². The Morgan fingerprint density at radius 1 is 0.941 bits per heavy atom. The van der Waals surface area contributed by atoms with Gasteiger partial charge in [-0.05, 0) is 23.3 Å². The van der Waals surface area contributed by atoms with E-state index in [-0.39, 0.29) is 0 Å². The van der Waals surface area contributed by atoms with Crippen molar-refractivity contribution in [3.8, 4) is 0 Å². The Labute approximate surface area is 101 Å². The van der Waals surface area contributed by atoms with E-state index in [9.17, 15) is 0 Å². The van der Waals surface area contributed by atoms with Crippen LogP contribution in [-0.4, -0.2) is 17.1 Å². The summed E-state index contributed by atoms with van der Waals surface area (Å²) in [6, 6.07) is 0. The van der Waals surface area contributed by atoms with Gasteiger partial charge in [0.25, 0.3) is 0 Å². The number of nitrogens with one attached hydrogen (secondary N) is 3. The summed E-state index contributed by atoms with van der Waals surface area (Å²) >= 11 is 0. The second-order valence-corrected chi connectivity index (χ2v) is 4.30. The molecule has 86 valence electrons. The smallest absolute Gasteiger partial charge is 0.0372 e. The van der Waals surface area contributed by atoms with Crippen LogP contribution in [0, 0.1) is 16.2 Å². The number of hydrogen-bond acceptors (Lipinski definition) is 3. The average Bonchev–Trinajstić information content (AvgIpc) is 2.27.